The van der Waals surface area contributed by atoms with E-state index in [1.54, 1.807) is 18.3 Å². The molecule has 42 heavy (non-hydrogen) atoms. The number of rotatable bonds is 11. The Morgan fingerprint density at radius 1 is 0.976 bits per heavy atom. The number of aliphatic hydroxyl groups excluding tert-OH is 1. The molecule has 0 aliphatic heterocycles. The molecule has 5 N–H and O–H groups in total. The average molecular weight is 621 g/mol. The van der Waals surface area contributed by atoms with E-state index in [1.807, 2.05) is 18.2 Å². The monoisotopic (exact) mass is 620 g/mol. The first-order valence-corrected chi connectivity index (χ1v) is 15.6. The molecule has 0 unspecified atom stereocenters. The van der Waals surface area contributed by atoms with E-state index in [0.717, 1.165) is 66.0 Å². The van der Waals surface area contributed by atoms with Crippen molar-refractivity contribution in [1.82, 2.24) is 5.32 Å². The van der Waals surface area contributed by atoms with Crippen LogP contribution in [0, 0.1) is 17.8 Å². The number of aromatic hydroxyl groups is 3. The quantitative estimate of drug-likeness (QED) is 0.139. The van der Waals surface area contributed by atoms with Crippen molar-refractivity contribution in [3.05, 3.63) is 41.5 Å². The van der Waals surface area contributed by atoms with Crippen LogP contribution >= 0.6 is 0 Å². The molecule has 4 aliphatic carbocycles. The number of hydrogen-bond donors (Lipinski definition) is 5. The first-order chi connectivity index (χ1) is 20.3. The van der Waals surface area contributed by atoms with Crippen molar-refractivity contribution < 1.29 is 46.2 Å². The third-order valence-corrected chi connectivity index (χ3v) is 9.00. The molecule has 4 aliphatic rings. The van der Waals surface area contributed by atoms with Gasteiger partial charge >= 0.3 is 21.0 Å². The molecular formula is C32H47N3O6V. The topological polar surface area (TPSA) is 135 Å². The van der Waals surface area contributed by atoms with Crippen LogP contribution < -0.4 is 15.0 Å². The zero-order chi connectivity index (χ0) is 30.7. The maximum absolute atomic E-state index is 10.0. The van der Waals surface area contributed by atoms with Gasteiger partial charge < -0.3 is 35.4 Å². The van der Waals surface area contributed by atoms with Gasteiger partial charge in [0, 0.05) is 49.7 Å². The number of nitrogens with zero attached hydrogens (tertiary/aromatic N) is 2. The summed E-state index contributed by atoms with van der Waals surface area (Å²) in [6.45, 7) is 8.08. The summed E-state index contributed by atoms with van der Waals surface area (Å²) >= 11 is 1.06. The molecule has 231 valence electrons. The number of ether oxygens (including phenoxy) is 1. The first kappa shape index (κ1) is 33.9. The maximum atomic E-state index is 10.0. The van der Waals surface area contributed by atoms with E-state index in [-0.39, 0.29) is 29.3 Å². The van der Waals surface area contributed by atoms with Gasteiger partial charge in [0.25, 0.3) is 0 Å². The zero-order valence-corrected chi connectivity index (χ0v) is 26.5. The number of phenolic OH excluding ortho intramolecular Hbond substituents is 3. The van der Waals surface area contributed by atoms with Crippen LogP contribution in [-0.4, -0.2) is 73.1 Å². The zero-order valence-electron chi connectivity index (χ0n) is 25.1. The normalized spacial score (nSPS) is 23.5. The Bertz CT molecular complexity index is 1140. The second-order valence-corrected chi connectivity index (χ2v) is 11.7. The van der Waals surface area contributed by atoms with E-state index in [9.17, 15) is 15.3 Å². The van der Waals surface area contributed by atoms with Crippen LogP contribution in [0.1, 0.15) is 63.5 Å². The van der Waals surface area contributed by atoms with Gasteiger partial charge in [-0.25, -0.2) is 0 Å². The number of hydrogen-bond acceptors (Lipinski definition) is 9. The summed E-state index contributed by atoms with van der Waals surface area (Å²) in [5.74, 6) is 3.06. The number of aliphatic hydroxyl groups is 1. The second-order valence-electron chi connectivity index (χ2n) is 11.7. The number of methoxy groups -OCH3 is 1. The van der Waals surface area contributed by atoms with Gasteiger partial charge in [-0.1, -0.05) is 0 Å². The van der Waals surface area contributed by atoms with Gasteiger partial charge in [-0.3, -0.25) is 4.99 Å². The van der Waals surface area contributed by atoms with E-state index in [2.05, 4.69) is 29.1 Å². The number of nitrogens with one attached hydrogen (secondary N) is 1. The van der Waals surface area contributed by atoms with Crippen molar-refractivity contribution in [2.45, 2.75) is 57.8 Å². The summed E-state index contributed by atoms with van der Waals surface area (Å²) in [7, 11) is 1.54. The molecule has 2 aromatic rings. The average Bonchev–Trinajstić information content (AvgIpc) is 2.98. The Hall–Kier alpha value is -2.59. The Morgan fingerprint density at radius 2 is 1.60 bits per heavy atom. The van der Waals surface area contributed by atoms with Crippen LogP contribution in [-0.2, 0) is 26.5 Å². The Morgan fingerprint density at radius 3 is 2.12 bits per heavy atom. The molecule has 4 bridgehead atoms. The van der Waals surface area contributed by atoms with E-state index < -0.39 is 0 Å². The third-order valence-electron chi connectivity index (χ3n) is 9.00. The minimum absolute atomic E-state index is 0.0462. The number of aliphatic imine (C=N–C) groups is 1. The summed E-state index contributed by atoms with van der Waals surface area (Å²) in [5.41, 5.74) is 3.13. The van der Waals surface area contributed by atoms with Crippen molar-refractivity contribution in [2.75, 3.05) is 51.3 Å². The number of benzene rings is 2. The molecule has 0 aromatic heterocycles. The summed E-state index contributed by atoms with van der Waals surface area (Å²) in [4.78, 5) is 6.43. The van der Waals surface area contributed by atoms with Gasteiger partial charge in [-0.15, -0.1) is 0 Å². The molecule has 6 rings (SSSR count). The SMILES string of the molecule is CCN(CC)c1ccc(C=NCCNCCO)c(O)c1.COc1cc(C23CC4CC(CC(C4)C2)C3)cc(O)c1O.[O]=[V]. The predicted molar refractivity (Wildman–Crippen MR) is 161 cm³/mol. The van der Waals surface area contributed by atoms with Crippen LogP contribution in [0.5, 0.6) is 23.0 Å². The summed E-state index contributed by atoms with van der Waals surface area (Å²) in [5, 5.41) is 41.5. The number of anilines is 1. The fraction of sp³-hybridized carbons (Fsp3) is 0.594. The molecule has 0 saturated heterocycles. The van der Waals surface area contributed by atoms with Gasteiger partial charge in [-0.2, -0.15) is 0 Å². The molecular weight excluding hydrogens is 573 g/mol. The molecule has 4 saturated carbocycles. The summed E-state index contributed by atoms with van der Waals surface area (Å²) in [6.07, 6.45) is 9.62. The van der Waals surface area contributed by atoms with Crippen LogP contribution in [0.15, 0.2) is 35.3 Å². The molecule has 0 amide bonds. The van der Waals surface area contributed by atoms with Crippen LogP contribution in [0.3, 0.4) is 0 Å². The van der Waals surface area contributed by atoms with E-state index in [4.69, 9.17) is 13.5 Å². The van der Waals surface area contributed by atoms with Crippen LogP contribution in [0.4, 0.5) is 5.69 Å². The minimum atomic E-state index is -0.138. The fourth-order valence-corrected chi connectivity index (χ4v) is 7.46. The number of phenols is 3. The van der Waals surface area contributed by atoms with Gasteiger partial charge in [0.15, 0.2) is 11.5 Å². The molecule has 0 heterocycles. The van der Waals surface area contributed by atoms with E-state index >= 15 is 0 Å². The van der Waals surface area contributed by atoms with Crippen molar-refractivity contribution in [3.63, 3.8) is 0 Å². The predicted octanol–water partition coefficient (Wildman–Crippen LogP) is 4.69. The van der Waals surface area contributed by atoms with Crippen molar-refractivity contribution in [3.8, 4) is 23.0 Å². The van der Waals surface area contributed by atoms with Gasteiger partial charge in [-0.05, 0) is 105 Å². The van der Waals surface area contributed by atoms with Crippen molar-refractivity contribution in [2.24, 2.45) is 22.7 Å². The van der Waals surface area contributed by atoms with Gasteiger partial charge in [0.05, 0.1) is 20.3 Å². The molecule has 0 atom stereocenters. The Labute approximate surface area is 259 Å². The van der Waals surface area contributed by atoms with Gasteiger partial charge in [0.1, 0.15) is 5.75 Å². The van der Waals surface area contributed by atoms with Crippen LogP contribution in [0.25, 0.3) is 0 Å². The van der Waals surface area contributed by atoms with Crippen LogP contribution in [0.2, 0.25) is 0 Å². The molecule has 9 nitrogen and oxygen atoms in total. The van der Waals surface area contributed by atoms with E-state index in [1.165, 1.54) is 51.2 Å². The molecule has 10 heteroatoms. The molecule has 4 fully saturated rings. The van der Waals surface area contributed by atoms with E-state index in [0.29, 0.717) is 18.8 Å². The van der Waals surface area contributed by atoms with Crippen molar-refractivity contribution in [1.29, 1.82) is 0 Å². The third kappa shape index (κ3) is 8.28. The molecule has 2 aromatic carbocycles. The fourth-order valence-electron chi connectivity index (χ4n) is 7.46. The first-order valence-electron chi connectivity index (χ1n) is 15.0. The summed E-state index contributed by atoms with van der Waals surface area (Å²) < 4.78 is 13.4. The standard InChI is InChI=1S/C17H22O3.C15H25N3O2.O.V/c1-20-15-6-13(5-14(18)16(15)19)17-7-10-2-11(8-17)4-12(3-10)9-17;1-3-18(4-2)14-6-5-13(15(20)11-14)12-17-8-7-16-9-10-19;;/h5-6,10-12,18-19H,2-4,7-9H2,1H3;5-6,11-12,16,19-20H,3-4,7-10H2,1-2H3;;. The molecule has 0 spiro atoms. The van der Waals surface area contributed by atoms with Crippen molar-refractivity contribution >= 4 is 11.9 Å². The Kier molecular flexibility index (Phi) is 13.2. The van der Waals surface area contributed by atoms with Gasteiger partial charge in [0.2, 0.25) is 5.75 Å². The summed E-state index contributed by atoms with van der Waals surface area (Å²) in [6, 6.07) is 9.37. The Balaban J connectivity index is 0.000000218. The second kappa shape index (κ2) is 16.3. The molecule has 0 radical (unpaired) electrons.